The molecule has 0 aromatic carbocycles. The van der Waals surface area contributed by atoms with Gasteiger partial charge in [0.05, 0.1) is 17.1 Å². The van der Waals surface area contributed by atoms with Crippen molar-refractivity contribution in [3.05, 3.63) is 22.7 Å². The van der Waals surface area contributed by atoms with Crippen molar-refractivity contribution < 1.29 is 19.8 Å². The van der Waals surface area contributed by atoms with Crippen molar-refractivity contribution >= 4 is 11.6 Å². The molecule has 4 nitrogen and oxygen atoms in total. The molecule has 2 aliphatic rings. The summed E-state index contributed by atoms with van der Waals surface area (Å²) in [5, 5.41) is 19.8. The second-order valence-electron chi connectivity index (χ2n) is 4.87. The molecule has 4 heteroatoms. The molecule has 2 rings (SSSR count). The van der Waals surface area contributed by atoms with Crippen molar-refractivity contribution in [1.29, 1.82) is 0 Å². The maximum atomic E-state index is 11.9. The Hall–Kier alpha value is -2.02. The molecule has 0 bridgehead atoms. The summed E-state index contributed by atoms with van der Waals surface area (Å²) >= 11 is 0. The maximum Gasteiger partial charge on any atom is 0.163 e. The predicted molar refractivity (Wildman–Crippen MR) is 69.3 cm³/mol. The third-order valence-corrected chi connectivity index (χ3v) is 3.60. The molecule has 0 atom stereocenters. The van der Waals surface area contributed by atoms with Gasteiger partial charge >= 0.3 is 0 Å². The Labute approximate surface area is 111 Å². The van der Waals surface area contributed by atoms with E-state index in [4.69, 9.17) is 6.42 Å². The second-order valence-corrected chi connectivity index (χ2v) is 4.87. The van der Waals surface area contributed by atoms with Crippen LogP contribution in [-0.4, -0.2) is 21.8 Å². The SMILES string of the molecule is C#CC(C1=C(O)CCCC1=O)C1=C(O)CCCC1=O. The summed E-state index contributed by atoms with van der Waals surface area (Å²) in [6.45, 7) is 0. The number of rotatable bonds is 2. The molecule has 0 amide bonds. The number of aliphatic hydroxyl groups excluding tert-OH is 2. The van der Waals surface area contributed by atoms with E-state index >= 15 is 0 Å². The van der Waals surface area contributed by atoms with Crippen LogP contribution in [0.4, 0.5) is 0 Å². The van der Waals surface area contributed by atoms with E-state index in [1.54, 1.807) is 0 Å². The summed E-state index contributed by atoms with van der Waals surface area (Å²) in [4.78, 5) is 23.9. The van der Waals surface area contributed by atoms with Gasteiger partial charge in [0, 0.05) is 25.7 Å². The molecule has 2 aliphatic carbocycles. The van der Waals surface area contributed by atoms with Crippen LogP contribution in [0, 0.1) is 18.3 Å². The average Bonchev–Trinajstić information content (AvgIpc) is 2.36. The molecular formula is C15H16O4. The summed E-state index contributed by atoms with van der Waals surface area (Å²) < 4.78 is 0. The van der Waals surface area contributed by atoms with Gasteiger partial charge in [-0.3, -0.25) is 9.59 Å². The second kappa shape index (κ2) is 5.31. The minimum absolute atomic E-state index is 0.0436. The number of carbonyl (C=O) groups is 2. The molecule has 0 aromatic heterocycles. The number of carbonyl (C=O) groups excluding carboxylic acids is 2. The van der Waals surface area contributed by atoms with Gasteiger partial charge in [-0.05, 0) is 12.8 Å². The number of allylic oxidation sites excluding steroid dienone is 4. The minimum Gasteiger partial charge on any atom is -0.512 e. The van der Waals surface area contributed by atoms with Crippen molar-refractivity contribution in [2.24, 2.45) is 5.92 Å². The molecule has 0 fully saturated rings. The molecule has 0 aromatic rings. The van der Waals surface area contributed by atoms with Gasteiger partial charge in [-0.25, -0.2) is 0 Å². The van der Waals surface area contributed by atoms with Gasteiger partial charge in [-0.2, -0.15) is 0 Å². The highest BCUT2D eigenvalue weighted by molar-refractivity contribution is 6.04. The van der Waals surface area contributed by atoms with Gasteiger partial charge in [0.15, 0.2) is 11.6 Å². The lowest BCUT2D eigenvalue weighted by molar-refractivity contribution is -0.117. The van der Waals surface area contributed by atoms with Crippen molar-refractivity contribution in [1.82, 2.24) is 0 Å². The Morgan fingerprint density at radius 3 is 1.63 bits per heavy atom. The molecule has 0 radical (unpaired) electrons. The highest BCUT2D eigenvalue weighted by atomic mass is 16.3. The Morgan fingerprint density at radius 1 is 0.895 bits per heavy atom. The topological polar surface area (TPSA) is 74.6 Å². The van der Waals surface area contributed by atoms with Crippen LogP contribution in [0.25, 0.3) is 0 Å². The Balaban J connectivity index is 2.49. The zero-order valence-electron chi connectivity index (χ0n) is 10.6. The summed E-state index contributed by atoms with van der Waals surface area (Å²) in [6, 6.07) is 0. The van der Waals surface area contributed by atoms with Gasteiger partial charge in [0.2, 0.25) is 0 Å². The fraction of sp³-hybridized carbons (Fsp3) is 0.467. The van der Waals surface area contributed by atoms with Crippen LogP contribution >= 0.6 is 0 Å². The average molecular weight is 260 g/mol. The molecule has 0 spiro atoms. The number of aliphatic hydroxyl groups is 2. The summed E-state index contributed by atoms with van der Waals surface area (Å²) in [6.07, 6.45) is 8.03. The summed E-state index contributed by atoms with van der Waals surface area (Å²) in [7, 11) is 0. The van der Waals surface area contributed by atoms with Gasteiger partial charge in [0.25, 0.3) is 0 Å². The van der Waals surface area contributed by atoms with E-state index in [0.717, 1.165) is 0 Å². The number of hydrogen-bond donors (Lipinski definition) is 2. The lowest BCUT2D eigenvalue weighted by atomic mass is 9.78. The van der Waals surface area contributed by atoms with Crippen LogP contribution in [0.15, 0.2) is 22.7 Å². The van der Waals surface area contributed by atoms with Crippen LogP contribution in [0.5, 0.6) is 0 Å². The lowest BCUT2D eigenvalue weighted by Crippen LogP contribution is -2.26. The smallest absolute Gasteiger partial charge is 0.163 e. The Bertz CT molecular complexity index is 489. The first-order valence-electron chi connectivity index (χ1n) is 6.42. The van der Waals surface area contributed by atoms with E-state index in [-0.39, 0.29) is 34.2 Å². The fourth-order valence-corrected chi connectivity index (χ4v) is 2.66. The van der Waals surface area contributed by atoms with E-state index in [9.17, 15) is 19.8 Å². The first kappa shape index (κ1) is 13.4. The van der Waals surface area contributed by atoms with Crippen LogP contribution in [-0.2, 0) is 9.59 Å². The largest absolute Gasteiger partial charge is 0.512 e. The normalized spacial score (nSPS) is 21.1. The molecule has 100 valence electrons. The van der Waals surface area contributed by atoms with Crippen LogP contribution < -0.4 is 0 Å². The predicted octanol–water partition coefficient (Wildman–Crippen LogP) is 2.37. The molecule has 0 unspecified atom stereocenters. The van der Waals surface area contributed by atoms with Gasteiger partial charge in [-0.15, -0.1) is 6.42 Å². The molecule has 2 N–H and O–H groups in total. The van der Waals surface area contributed by atoms with E-state index in [0.29, 0.717) is 38.5 Å². The number of ketones is 2. The number of Topliss-reactive ketones (excluding diaryl/α,β-unsaturated/α-hetero) is 2. The Morgan fingerprint density at radius 2 is 1.32 bits per heavy atom. The van der Waals surface area contributed by atoms with Crippen molar-refractivity contribution in [2.75, 3.05) is 0 Å². The molecule has 0 aliphatic heterocycles. The van der Waals surface area contributed by atoms with E-state index in [1.807, 2.05) is 0 Å². The molecule has 0 heterocycles. The molecular weight excluding hydrogens is 244 g/mol. The number of terminal acetylenes is 1. The first-order chi connectivity index (χ1) is 9.06. The highest BCUT2D eigenvalue weighted by Gasteiger charge is 2.34. The number of hydrogen-bond acceptors (Lipinski definition) is 4. The quantitative estimate of drug-likeness (QED) is 0.747. The van der Waals surface area contributed by atoms with Crippen LogP contribution in [0.3, 0.4) is 0 Å². The lowest BCUT2D eigenvalue weighted by Gasteiger charge is -2.24. The zero-order valence-corrected chi connectivity index (χ0v) is 10.6. The zero-order chi connectivity index (χ0) is 14.0. The third kappa shape index (κ3) is 2.41. The summed E-state index contributed by atoms with van der Waals surface area (Å²) in [5.74, 6) is 0.920. The molecule has 19 heavy (non-hydrogen) atoms. The molecule has 0 saturated heterocycles. The maximum absolute atomic E-state index is 11.9. The van der Waals surface area contributed by atoms with Crippen molar-refractivity contribution in [2.45, 2.75) is 38.5 Å². The van der Waals surface area contributed by atoms with Crippen molar-refractivity contribution in [3.8, 4) is 12.3 Å². The van der Waals surface area contributed by atoms with Gasteiger partial charge in [0.1, 0.15) is 11.5 Å². The minimum atomic E-state index is -0.916. The Kier molecular flexibility index (Phi) is 3.75. The monoisotopic (exact) mass is 260 g/mol. The fourth-order valence-electron chi connectivity index (χ4n) is 2.66. The van der Waals surface area contributed by atoms with Gasteiger partial charge < -0.3 is 10.2 Å². The van der Waals surface area contributed by atoms with E-state index < -0.39 is 5.92 Å². The highest BCUT2D eigenvalue weighted by Crippen LogP contribution is 2.34. The van der Waals surface area contributed by atoms with Gasteiger partial charge in [-0.1, -0.05) is 5.92 Å². The third-order valence-electron chi connectivity index (χ3n) is 3.60. The first-order valence-corrected chi connectivity index (χ1v) is 6.42. The van der Waals surface area contributed by atoms with E-state index in [2.05, 4.69) is 5.92 Å². The standard InChI is InChI=1S/C15H16O4/c1-2-9(14-10(16)5-3-6-11(14)17)15-12(18)7-4-8-13(15)19/h1,9,16,18H,3-8H2. The van der Waals surface area contributed by atoms with Crippen LogP contribution in [0.1, 0.15) is 38.5 Å². The van der Waals surface area contributed by atoms with Crippen molar-refractivity contribution in [3.63, 3.8) is 0 Å². The summed E-state index contributed by atoms with van der Waals surface area (Å²) in [5.41, 5.74) is 0.233. The molecule has 0 saturated carbocycles. The van der Waals surface area contributed by atoms with Crippen LogP contribution in [0.2, 0.25) is 0 Å². The van der Waals surface area contributed by atoms with E-state index in [1.165, 1.54) is 0 Å².